The van der Waals surface area contributed by atoms with Crippen LogP contribution in [0.3, 0.4) is 0 Å². The highest BCUT2D eigenvalue weighted by Crippen LogP contribution is 2.14. The Hall–Kier alpha value is -0.160. The van der Waals surface area contributed by atoms with E-state index in [1.165, 1.54) is 0 Å². The summed E-state index contributed by atoms with van der Waals surface area (Å²) in [5, 5.41) is 0. The van der Waals surface area contributed by atoms with Crippen molar-refractivity contribution in [3.63, 3.8) is 0 Å². The van der Waals surface area contributed by atoms with Gasteiger partial charge in [0.25, 0.3) is 0 Å². The van der Waals surface area contributed by atoms with Crippen LogP contribution in [0.5, 0.6) is 0 Å². The zero-order valence-electron chi connectivity index (χ0n) is 17.5. The van der Waals surface area contributed by atoms with Crippen LogP contribution in [0.1, 0.15) is 60.8 Å². The molecule has 0 bridgehead atoms. The zero-order chi connectivity index (χ0) is 18.5. The van der Waals surface area contributed by atoms with E-state index in [2.05, 4.69) is 53.5 Å². The fourth-order valence-corrected chi connectivity index (χ4v) is 2.43. The first-order valence-electron chi connectivity index (χ1n) is 9.52. The second kappa shape index (κ2) is 13.1. The number of ether oxygens (including phenoxy) is 3. The van der Waals surface area contributed by atoms with Crippen molar-refractivity contribution in [3.8, 4) is 0 Å². The molecule has 0 aliphatic heterocycles. The second-order valence-electron chi connectivity index (χ2n) is 9.20. The van der Waals surface area contributed by atoms with Crippen molar-refractivity contribution >= 4 is 0 Å². The SMILES string of the molecule is CN(CCCOCCCOCCCOCC(C)(C)C)CC(C)(C)C. The Balaban J connectivity index is 3.21. The first kappa shape index (κ1) is 23.8. The summed E-state index contributed by atoms with van der Waals surface area (Å²) in [5.74, 6) is 0. The molecule has 0 aliphatic carbocycles. The number of hydrogen-bond donors (Lipinski definition) is 0. The van der Waals surface area contributed by atoms with Crippen molar-refractivity contribution in [3.05, 3.63) is 0 Å². The smallest absolute Gasteiger partial charge is 0.0514 e. The van der Waals surface area contributed by atoms with Crippen LogP contribution < -0.4 is 0 Å². The molecular weight excluding hydrogens is 302 g/mol. The van der Waals surface area contributed by atoms with Gasteiger partial charge in [0.2, 0.25) is 0 Å². The normalized spacial score (nSPS) is 13.0. The van der Waals surface area contributed by atoms with Crippen molar-refractivity contribution < 1.29 is 14.2 Å². The first-order chi connectivity index (χ1) is 11.1. The second-order valence-corrected chi connectivity index (χ2v) is 9.20. The van der Waals surface area contributed by atoms with Crippen molar-refractivity contribution in [1.29, 1.82) is 0 Å². The number of hydrogen-bond acceptors (Lipinski definition) is 4. The lowest BCUT2D eigenvalue weighted by atomic mass is 9.96. The summed E-state index contributed by atoms with van der Waals surface area (Å²) in [4.78, 5) is 2.38. The van der Waals surface area contributed by atoms with Crippen molar-refractivity contribution in [2.75, 3.05) is 59.8 Å². The summed E-state index contributed by atoms with van der Waals surface area (Å²) in [6, 6.07) is 0. The Kier molecular flexibility index (Phi) is 13.0. The molecule has 4 heteroatoms. The molecule has 146 valence electrons. The molecule has 0 aromatic rings. The van der Waals surface area contributed by atoms with Crippen molar-refractivity contribution in [2.45, 2.75) is 60.8 Å². The minimum atomic E-state index is 0.250. The maximum absolute atomic E-state index is 5.67. The predicted molar refractivity (Wildman–Crippen MR) is 103 cm³/mol. The predicted octanol–water partition coefficient (Wildman–Crippen LogP) is 4.23. The Bertz CT molecular complexity index is 282. The van der Waals surface area contributed by atoms with Crippen LogP contribution in [0, 0.1) is 10.8 Å². The van der Waals surface area contributed by atoms with E-state index in [-0.39, 0.29) is 5.41 Å². The molecule has 0 N–H and O–H groups in total. The zero-order valence-corrected chi connectivity index (χ0v) is 17.5. The Morgan fingerprint density at radius 2 is 1.08 bits per heavy atom. The lowest BCUT2D eigenvalue weighted by molar-refractivity contribution is 0.0413. The van der Waals surface area contributed by atoms with Crippen LogP contribution in [0.2, 0.25) is 0 Å². The highest BCUT2D eigenvalue weighted by atomic mass is 16.5. The molecule has 0 saturated heterocycles. The van der Waals surface area contributed by atoms with E-state index in [0.29, 0.717) is 5.41 Å². The van der Waals surface area contributed by atoms with Gasteiger partial charge < -0.3 is 19.1 Å². The Morgan fingerprint density at radius 3 is 1.54 bits per heavy atom. The van der Waals surface area contributed by atoms with E-state index in [1.54, 1.807) is 0 Å². The van der Waals surface area contributed by atoms with Crippen LogP contribution in [0.25, 0.3) is 0 Å². The van der Waals surface area contributed by atoms with Gasteiger partial charge in [-0.2, -0.15) is 0 Å². The van der Waals surface area contributed by atoms with Gasteiger partial charge in [0, 0.05) is 46.1 Å². The minimum Gasteiger partial charge on any atom is -0.381 e. The third-order valence-electron chi connectivity index (χ3n) is 3.26. The van der Waals surface area contributed by atoms with E-state index < -0.39 is 0 Å². The lowest BCUT2D eigenvalue weighted by Gasteiger charge is -2.26. The fraction of sp³-hybridized carbons (Fsp3) is 1.00. The van der Waals surface area contributed by atoms with Gasteiger partial charge in [-0.3, -0.25) is 0 Å². The molecule has 0 rings (SSSR count). The maximum atomic E-state index is 5.67. The summed E-state index contributed by atoms with van der Waals surface area (Å²) in [6.45, 7) is 20.4. The standard InChI is InChI=1S/C20H43NO3/c1-19(2,3)17-21(7)11-8-12-22-13-9-14-23-15-10-16-24-18-20(4,5)6/h8-18H2,1-7H3. The molecule has 0 unspecified atom stereocenters. The van der Waals surface area contributed by atoms with Gasteiger partial charge in [-0.25, -0.2) is 0 Å². The largest absolute Gasteiger partial charge is 0.381 e. The van der Waals surface area contributed by atoms with Gasteiger partial charge >= 0.3 is 0 Å². The van der Waals surface area contributed by atoms with E-state index >= 15 is 0 Å². The molecule has 4 nitrogen and oxygen atoms in total. The van der Waals surface area contributed by atoms with Crippen LogP contribution in [-0.4, -0.2) is 64.7 Å². The van der Waals surface area contributed by atoms with E-state index in [9.17, 15) is 0 Å². The van der Waals surface area contributed by atoms with Crippen molar-refractivity contribution in [2.24, 2.45) is 10.8 Å². The molecule has 0 spiro atoms. The van der Waals surface area contributed by atoms with E-state index in [4.69, 9.17) is 14.2 Å². The Labute approximate surface area is 151 Å². The molecule has 0 aromatic carbocycles. The van der Waals surface area contributed by atoms with Gasteiger partial charge in [-0.15, -0.1) is 0 Å². The average Bonchev–Trinajstić information content (AvgIpc) is 2.40. The summed E-state index contributed by atoms with van der Waals surface area (Å²) >= 11 is 0. The fourth-order valence-electron chi connectivity index (χ4n) is 2.43. The number of nitrogens with zero attached hydrogens (tertiary/aromatic N) is 1. The summed E-state index contributed by atoms with van der Waals surface area (Å²) in [5.41, 5.74) is 0.616. The third-order valence-corrected chi connectivity index (χ3v) is 3.26. The molecule has 0 saturated carbocycles. The molecule has 24 heavy (non-hydrogen) atoms. The molecule has 0 radical (unpaired) electrons. The van der Waals surface area contributed by atoms with Crippen LogP contribution in [0.15, 0.2) is 0 Å². The summed E-state index contributed by atoms with van der Waals surface area (Å²) in [7, 11) is 2.18. The van der Waals surface area contributed by atoms with Crippen LogP contribution in [0.4, 0.5) is 0 Å². The molecule has 0 amide bonds. The van der Waals surface area contributed by atoms with Gasteiger partial charge in [0.05, 0.1) is 6.61 Å². The summed E-state index contributed by atoms with van der Waals surface area (Å²) < 4.78 is 16.9. The number of rotatable bonds is 14. The molecule has 0 heterocycles. The first-order valence-corrected chi connectivity index (χ1v) is 9.52. The van der Waals surface area contributed by atoms with E-state index in [0.717, 1.165) is 72.0 Å². The lowest BCUT2D eigenvalue weighted by Crippen LogP contribution is -2.30. The Morgan fingerprint density at radius 1 is 0.625 bits per heavy atom. The highest BCUT2D eigenvalue weighted by molar-refractivity contribution is 4.66. The van der Waals surface area contributed by atoms with Gasteiger partial charge in [-0.05, 0) is 37.1 Å². The summed E-state index contributed by atoms with van der Waals surface area (Å²) in [6.07, 6.45) is 3.04. The van der Waals surface area contributed by atoms with Crippen LogP contribution >= 0.6 is 0 Å². The quantitative estimate of drug-likeness (QED) is 0.441. The maximum Gasteiger partial charge on any atom is 0.0514 e. The van der Waals surface area contributed by atoms with Crippen LogP contribution in [-0.2, 0) is 14.2 Å². The topological polar surface area (TPSA) is 30.9 Å². The monoisotopic (exact) mass is 345 g/mol. The minimum absolute atomic E-state index is 0.250. The van der Waals surface area contributed by atoms with E-state index in [1.807, 2.05) is 0 Å². The third kappa shape index (κ3) is 19.9. The van der Waals surface area contributed by atoms with Gasteiger partial charge in [0.15, 0.2) is 0 Å². The van der Waals surface area contributed by atoms with Crippen molar-refractivity contribution in [1.82, 2.24) is 4.90 Å². The highest BCUT2D eigenvalue weighted by Gasteiger charge is 2.12. The molecular formula is C20H43NO3. The molecule has 0 atom stereocenters. The van der Waals surface area contributed by atoms with Gasteiger partial charge in [-0.1, -0.05) is 41.5 Å². The van der Waals surface area contributed by atoms with Gasteiger partial charge in [0.1, 0.15) is 0 Å². The molecule has 0 aliphatic rings. The average molecular weight is 346 g/mol. The molecule has 0 aromatic heterocycles. The molecule has 0 fully saturated rings.